The van der Waals surface area contributed by atoms with Crippen LogP contribution in [0.2, 0.25) is 0 Å². The minimum atomic E-state index is 0.241. The molecule has 0 bridgehead atoms. The normalized spacial score (nSPS) is 26.5. The van der Waals surface area contributed by atoms with Crippen LogP contribution in [0.25, 0.3) is 0 Å². The van der Waals surface area contributed by atoms with Gasteiger partial charge in [0.15, 0.2) is 0 Å². The first-order valence-electron chi connectivity index (χ1n) is 7.20. The number of hydrogen-bond acceptors (Lipinski definition) is 2. The van der Waals surface area contributed by atoms with E-state index in [2.05, 4.69) is 19.2 Å². The summed E-state index contributed by atoms with van der Waals surface area (Å²) >= 11 is 0. The molecule has 0 aromatic carbocycles. The van der Waals surface area contributed by atoms with E-state index < -0.39 is 0 Å². The van der Waals surface area contributed by atoms with Gasteiger partial charge in [-0.2, -0.15) is 0 Å². The summed E-state index contributed by atoms with van der Waals surface area (Å²) in [6.07, 6.45) is 8.39. The zero-order chi connectivity index (χ0) is 12.7. The Morgan fingerprint density at radius 2 is 1.94 bits per heavy atom. The third kappa shape index (κ3) is 5.53. The Bertz CT molecular complexity index is 222. The molecule has 1 amide bonds. The van der Waals surface area contributed by atoms with Crippen molar-refractivity contribution in [3.63, 3.8) is 0 Å². The Balaban J connectivity index is 2.24. The van der Waals surface area contributed by atoms with Gasteiger partial charge in [-0.25, -0.2) is 0 Å². The van der Waals surface area contributed by atoms with Crippen LogP contribution in [0.3, 0.4) is 0 Å². The SMILES string of the molecule is CCCC(CC)NC(=O)CC1CCC(N)CC1. The second-order valence-corrected chi connectivity index (χ2v) is 5.45. The minimum Gasteiger partial charge on any atom is -0.353 e. The van der Waals surface area contributed by atoms with Crippen molar-refractivity contribution in [2.75, 3.05) is 0 Å². The van der Waals surface area contributed by atoms with Gasteiger partial charge < -0.3 is 11.1 Å². The first kappa shape index (κ1) is 14.5. The lowest BCUT2D eigenvalue weighted by molar-refractivity contribution is -0.123. The van der Waals surface area contributed by atoms with Gasteiger partial charge in [0.25, 0.3) is 0 Å². The smallest absolute Gasteiger partial charge is 0.220 e. The molecule has 3 N–H and O–H groups in total. The molecule has 0 aliphatic heterocycles. The number of nitrogens with one attached hydrogen (secondary N) is 1. The van der Waals surface area contributed by atoms with Crippen molar-refractivity contribution >= 4 is 5.91 Å². The molecule has 0 saturated heterocycles. The number of carbonyl (C=O) groups excluding carboxylic acids is 1. The van der Waals surface area contributed by atoms with Crippen molar-refractivity contribution in [2.45, 2.75) is 77.3 Å². The van der Waals surface area contributed by atoms with Crippen molar-refractivity contribution in [2.24, 2.45) is 11.7 Å². The van der Waals surface area contributed by atoms with Gasteiger partial charge in [-0.1, -0.05) is 20.3 Å². The van der Waals surface area contributed by atoms with Crippen LogP contribution in [-0.2, 0) is 4.79 Å². The molecule has 3 nitrogen and oxygen atoms in total. The molecule has 1 saturated carbocycles. The Hall–Kier alpha value is -0.570. The summed E-state index contributed by atoms with van der Waals surface area (Å²) in [6.45, 7) is 4.30. The highest BCUT2D eigenvalue weighted by Crippen LogP contribution is 2.25. The Morgan fingerprint density at radius 1 is 1.29 bits per heavy atom. The molecule has 0 radical (unpaired) electrons. The quantitative estimate of drug-likeness (QED) is 0.750. The fraction of sp³-hybridized carbons (Fsp3) is 0.929. The first-order valence-corrected chi connectivity index (χ1v) is 7.20. The molecule has 0 aromatic heterocycles. The number of amides is 1. The van der Waals surface area contributed by atoms with E-state index in [1.165, 1.54) is 0 Å². The van der Waals surface area contributed by atoms with Crippen molar-refractivity contribution in [1.82, 2.24) is 5.32 Å². The number of carbonyl (C=O) groups is 1. The van der Waals surface area contributed by atoms with Crippen LogP contribution in [-0.4, -0.2) is 18.0 Å². The van der Waals surface area contributed by atoms with E-state index in [9.17, 15) is 4.79 Å². The minimum absolute atomic E-state index is 0.241. The highest BCUT2D eigenvalue weighted by molar-refractivity contribution is 5.76. The van der Waals surface area contributed by atoms with Gasteiger partial charge in [-0.3, -0.25) is 4.79 Å². The monoisotopic (exact) mass is 240 g/mol. The molecule has 17 heavy (non-hydrogen) atoms. The molecule has 3 heteroatoms. The van der Waals surface area contributed by atoms with Crippen LogP contribution in [0.5, 0.6) is 0 Å². The highest BCUT2D eigenvalue weighted by atomic mass is 16.1. The molecule has 1 aliphatic carbocycles. The highest BCUT2D eigenvalue weighted by Gasteiger charge is 2.21. The van der Waals surface area contributed by atoms with Gasteiger partial charge in [0, 0.05) is 18.5 Å². The molecular weight excluding hydrogens is 212 g/mol. The Morgan fingerprint density at radius 3 is 2.47 bits per heavy atom. The van der Waals surface area contributed by atoms with E-state index in [1.807, 2.05) is 0 Å². The lowest BCUT2D eigenvalue weighted by atomic mass is 9.84. The average Bonchev–Trinajstić information content (AvgIpc) is 2.31. The summed E-state index contributed by atoms with van der Waals surface area (Å²) in [7, 11) is 0. The second kappa shape index (κ2) is 7.70. The molecule has 1 unspecified atom stereocenters. The van der Waals surface area contributed by atoms with E-state index in [0.29, 0.717) is 24.4 Å². The molecular formula is C14H28N2O. The summed E-state index contributed by atoms with van der Waals surface area (Å²) in [5, 5.41) is 3.16. The maximum atomic E-state index is 11.9. The van der Waals surface area contributed by atoms with Crippen LogP contribution in [0.1, 0.15) is 65.2 Å². The topological polar surface area (TPSA) is 55.1 Å². The largest absolute Gasteiger partial charge is 0.353 e. The van der Waals surface area contributed by atoms with E-state index >= 15 is 0 Å². The molecule has 0 heterocycles. The Kier molecular flexibility index (Phi) is 6.56. The van der Waals surface area contributed by atoms with Gasteiger partial charge in [0.05, 0.1) is 0 Å². The van der Waals surface area contributed by atoms with E-state index in [0.717, 1.165) is 44.9 Å². The van der Waals surface area contributed by atoms with Crippen LogP contribution in [0, 0.1) is 5.92 Å². The van der Waals surface area contributed by atoms with Crippen LogP contribution in [0.15, 0.2) is 0 Å². The van der Waals surface area contributed by atoms with Crippen LogP contribution < -0.4 is 11.1 Å². The molecule has 1 aliphatic rings. The summed E-state index contributed by atoms with van der Waals surface area (Å²) in [6, 6.07) is 0.746. The second-order valence-electron chi connectivity index (χ2n) is 5.45. The van der Waals surface area contributed by atoms with Gasteiger partial charge >= 0.3 is 0 Å². The molecule has 1 atom stereocenters. The van der Waals surface area contributed by atoms with E-state index in [1.54, 1.807) is 0 Å². The van der Waals surface area contributed by atoms with E-state index in [-0.39, 0.29) is 5.91 Å². The first-order chi connectivity index (χ1) is 8.15. The molecule has 1 fully saturated rings. The molecule has 1 rings (SSSR count). The van der Waals surface area contributed by atoms with E-state index in [4.69, 9.17) is 5.73 Å². The summed E-state index contributed by atoms with van der Waals surface area (Å²) in [5.74, 6) is 0.805. The van der Waals surface area contributed by atoms with Crippen LogP contribution in [0.4, 0.5) is 0 Å². The predicted molar refractivity (Wildman–Crippen MR) is 71.7 cm³/mol. The standard InChI is InChI=1S/C14H28N2O/c1-3-5-13(4-2)16-14(17)10-11-6-8-12(15)9-7-11/h11-13H,3-10,15H2,1-2H3,(H,16,17). The lowest BCUT2D eigenvalue weighted by Gasteiger charge is -2.26. The molecule has 0 spiro atoms. The molecule has 100 valence electrons. The van der Waals surface area contributed by atoms with Gasteiger partial charge in [0.1, 0.15) is 0 Å². The number of nitrogens with two attached hydrogens (primary N) is 1. The van der Waals surface area contributed by atoms with Gasteiger partial charge in [0.2, 0.25) is 5.91 Å². The zero-order valence-corrected chi connectivity index (χ0v) is 11.4. The third-order valence-electron chi connectivity index (χ3n) is 3.86. The zero-order valence-electron chi connectivity index (χ0n) is 11.4. The summed E-state index contributed by atoms with van der Waals surface area (Å²) in [5.41, 5.74) is 5.87. The average molecular weight is 240 g/mol. The van der Waals surface area contributed by atoms with Crippen molar-refractivity contribution in [1.29, 1.82) is 0 Å². The van der Waals surface area contributed by atoms with Crippen molar-refractivity contribution in [3.05, 3.63) is 0 Å². The lowest BCUT2D eigenvalue weighted by Crippen LogP contribution is -2.36. The Labute approximate surface area is 106 Å². The van der Waals surface area contributed by atoms with Crippen molar-refractivity contribution < 1.29 is 4.79 Å². The molecule has 0 aromatic rings. The fourth-order valence-corrected chi connectivity index (χ4v) is 2.67. The van der Waals surface area contributed by atoms with Gasteiger partial charge in [-0.05, 0) is 44.4 Å². The number of rotatable bonds is 6. The predicted octanol–water partition coefficient (Wildman–Crippen LogP) is 2.59. The third-order valence-corrected chi connectivity index (χ3v) is 3.86. The summed E-state index contributed by atoms with van der Waals surface area (Å²) < 4.78 is 0. The van der Waals surface area contributed by atoms with Crippen LogP contribution >= 0.6 is 0 Å². The fourth-order valence-electron chi connectivity index (χ4n) is 2.67. The van der Waals surface area contributed by atoms with Gasteiger partial charge in [-0.15, -0.1) is 0 Å². The summed E-state index contributed by atoms with van der Waals surface area (Å²) in [4.78, 5) is 11.9. The van der Waals surface area contributed by atoms with Crippen molar-refractivity contribution in [3.8, 4) is 0 Å². The number of hydrogen-bond donors (Lipinski definition) is 2. The maximum absolute atomic E-state index is 11.9. The maximum Gasteiger partial charge on any atom is 0.220 e.